The number of amides is 1. The van der Waals surface area contributed by atoms with Gasteiger partial charge in [0.25, 0.3) is 11.6 Å². The number of nitrogens with zero attached hydrogens (tertiary/aromatic N) is 2. The van der Waals surface area contributed by atoms with Gasteiger partial charge in [-0.15, -0.1) is 0 Å². The van der Waals surface area contributed by atoms with E-state index in [1.54, 1.807) is 25.3 Å². The van der Waals surface area contributed by atoms with Gasteiger partial charge in [-0.05, 0) is 24.6 Å². The largest absolute Gasteiger partial charge is 0.306 e. The number of hydrogen-bond acceptors (Lipinski definition) is 4. The topological polar surface area (TPSA) is 85.1 Å². The number of nitro benzene ring substituents is 1. The van der Waals surface area contributed by atoms with Crippen molar-refractivity contribution in [2.24, 2.45) is 0 Å². The number of benzene rings is 1. The lowest BCUT2D eigenvalue weighted by Crippen LogP contribution is -2.14. The van der Waals surface area contributed by atoms with Crippen LogP contribution in [0, 0.1) is 17.0 Å². The van der Waals surface area contributed by atoms with Crippen LogP contribution in [-0.2, 0) is 0 Å². The lowest BCUT2D eigenvalue weighted by Gasteiger charge is -2.07. The molecule has 0 atom stereocenters. The number of nitrogens with one attached hydrogen (secondary N) is 1. The van der Waals surface area contributed by atoms with Gasteiger partial charge in [-0.1, -0.05) is 17.7 Å². The van der Waals surface area contributed by atoms with Gasteiger partial charge in [-0.25, -0.2) is 4.98 Å². The fraction of sp³-hybridized carbons (Fsp3) is 0.0769. The molecule has 6 nitrogen and oxygen atoms in total. The highest BCUT2D eigenvalue weighted by atomic mass is 35.5. The van der Waals surface area contributed by atoms with Crippen molar-refractivity contribution in [1.29, 1.82) is 0 Å². The molecule has 2 aromatic rings. The highest BCUT2D eigenvalue weighted by Crippen LogP contribution is 2.23. The number of carbonyl (C=O) groups excluding carboxylic acids is 1. The van der Waals surface area contributed by atoms with Crippen LogP contribution < -0.4 is 5.32 Å². The molecule has 7 heteroatoms. The Morgan fingerprint density at radius 2 is 2.15 bits per heavy atom. The number of aromatic nitrogens is 1. The molecule has 2 rings (SSSR count). The monoisotopic (exact) mass is 291 g/mol. The molecule has 0 saturated carbocycles. The van der Waals surface area contributed by atoms with E-state index in [-0.39, 0.29) is 16.3 Å². The van der Waals surface area contributed by atoms with Crippen molar-refractivity contribution in [1.82, 2.24) is 4.98 Å². The van der Waals surface area contributed by atoms with E-state index in [0.717, 1.165) is 11.6 Å². The second-order valence-corrected chi connectivity index (χ2v) is 4.45. The number of nitro groups is 1. The van der Waals surface area contributed by atoms with Gasteiger partial charge in [0.05, 0.1) is 15.5 Å². The number of halogens is 1. The first-order valence-corrected chi connectivity index (χ1v) is 6.04. The van der Waals surface area contributed by atoms with Crippen LogP contribution in [0.25, 0.3) is 0 Å². The fourth-order valence-corrected chi connectivity index (χ4v) is 1.85. The van der Waals surface area contributed by atoms with Crippen LogP contribution in [0.3, 0.4) is 0 Å². The number of pyridine rings is 1. The summed E-state index contributed by atoms with van der Waals surface area (Å²) >= 11 is 5.89. The Morgan fingerprint density at radius 3 is 2.75 bits per heavy atom. The second-order valence-electron chi connectivity index (χ2n) is 4.04. The van der Waals surface area contributed by atoms with Crippen LogP contribution in [0.1, 0.15) is 15.9 Å². The van der Waals surface area contributed by atoms with Crippen molar-refractivity contribution in [3.63, 3.8) is 0 Å². The third-order valence-corrected chi connectivity index (χ3v) is 2.96. The molecular formula is C13H10ClN3O3. The summed E-state index contributed by atoms with van der Waals surface area (Å²) < 4.78 is 0. The van der Waals surface area contributed by atoms with Gasteiger partial charge < -0.3 is 5.32 Å². The Morgan fingerprint density at radius 1 is 1.40 bits per heavy atom. The molecule has 1 heterocycles. The summed E-state index contributed by atoms with van der Waals surface area (Å²) in [5.41, 5.74) is 0.793. The molecule has 0 radical (unpaired) electrons. The van der Waals surface area contributed by atoms with E-state index in [9.17, 15) is 14.9 Å². The van der Waals surface area contributed by atoms with Gasteiger partial charge in [-0.3, -0.25) is 14.9 Å². The minimum atomic E-state index is -0.573. The van der Waals surface area contributed by atoms with Crippen molar-refractivity contribution in [3.05, 3.63) is 62.8 Å². The van der Waals surface area contributed by atoms with E-state index in [4.69, 9.17) is 11.6 Å². The Kier molecular flexibility index (Phi) is 3.95. The minimum Gasteiger partial charge on any atom is -0.306 e. The summed E-state index contributed by atoms with van der Waals surface area (Å²) in [6.07, 6.45) is 1.56. The number of aryl methyl sites for hydroxylation is 1. The Bertz CT molecular complexity index is 688. The van der Waals surface area contributed by atoms with Crippen molar-refractivity contribution >= 4 is 29.0 Å². The maximum Gasteiger partial charge on any atom is 0.270 e. The van der Waals surface area contributed by atoms with Crippen LogP contribution in [0.2, 0.25) is 5.02 Å². The molecule has 0 aliphatic rings. The maximum atomic E-state index is 12.1. The highest BCUT2D eigenvalue weighted by molar-refractivity contribution is 6.34. The van der Waals surface area contributed by atoms with Crippen LogP contribution in [0.5, 0.6) is 0 Å². The standard InChI is InChI=1S/C13H10ClN3O3/c1-8-3-2-6-15-12(8)16-13(18)10-5-4-9(17(19)20)7-11(10)14/h2-7H,1H3,(H,15,16,18). The molecule has 0 saturated heterocycles. The van der Waals surface area contributed by atoms with Crippen LogP contribution in [0.15, 0.2) is 36.5 Å². The van der Waals surface area contributed by atoms with Crippen molar-refractivity contribution in [2.75, 3.05) is 5.32 Å². The lowest BCUT2D eigenvalue weighted by molar-refractivity contribution is -0.384. The van der Waals surface area contributed by atoms with Gasteiger partial charge in [0.15, 0.2) is 0 Å². The number of non-ortho nitro benzene ring substituents is 1. The molecule has 0 fully saturated rings. The molecule has 1 amide bonds. The first kappa shape index (κ1) is 14.0. The summed E-state index contributed by atoms with van der Waals surface area (Å²) in [4.78, 5) is 26.1. The summed E-state index contributed by atoms with van der Waals surface area (Å²) in [5, 5.41) is 13.2. The van der Waals surface area contributed by atoms with Gasteiger partial charge >= 0.3 is 0 Å². The normalized spacial score (nSPS) is 10.1. The number of rotatable bonds is 3. The Balaban J connectivity index is 2.26. The smallest absolute Gasteiger partial charge is 0.270 e. The zero-order valence-electron chi connectivity index (χ0n) is 10.5. The molecule has 0 bridgehead atoms. The molecule has 102 valence electrons. The van der Waals surface area contributed by atoms with Crippen molar-refractivity contribution in [3.8, 4) is 0 Å². The molecule has 0 aliphatic carbocycles. The molecule has 1 N–H and O–H groups in total. The van der Waals surface area contributed by atoms with Crippen LogP contribution >= 0.6 is 11.6 Å². The average molecular weight is 292 g/mol. The Labute approximate surface area is 119 Å². The zero-order chi connectivity index (χ0) is 14.7. The highest BCUT2D eigenvalue weighted by Gasteiger charge is 2.15. The van der Waals surface area contributed by atoms with E-state index in [1.807, 2.05) is 0 Å². The van der Waals surface area contributed by atoms with Gasteiger partial charge in [0, 0.05) is 18.3 Å². The molecule has 20 heavy (non-hydrogen) atoms. The molecule has 0 unspecified atom stereocenters. The minimum absolute atomic E-state index is 0.0188. The van der Waals surface area contributed by atoms with E-state index >= 15 is 0 Å². The number of carbonyl (C=O) groups is 1. The van der Waals surface area contributed by atoms with Crippen molar-refractivity contribution < 1.29 is 9.72 Å². The number of anilines is 1. The number of hydrogen-bond donors (Lipinski definition) is 1. The van der Waals surface area contributed by atoms with E-state index in [2.05, 4.69) is 10.3 Å². The third-order valence-electron chi connectivity index (χ3n) is 2.65. The maximum absolute atomic E-state index is 12.1. The summed E-state index contributed by atoms with van der Waals surface area (Å²) in [6.45, 7) is 1.81. The SMILES string of the molecule is Cc1cccnc1NC(=O)c1ccc([N+](=O)[O-])cc1Cl. The van der Waals surface area contributed by atoms with E-state index in [1.165, 1.54) is 12.1 Å². The van der Waals surface area contributed by atoms with Crippen LogP contribution in [0.4, 0.5) is 11.5 Å². The summed E-state index contributed by atoms with van der Waals surface area (Å²) in [5.74, 6) is -0.0429. The second kappa shape index (κ2) is 5.66. The summed E-state index contributed by atoms with van der Waals surface area (Å²) in [6, 6.07) is 7.24. The van der Waals surface area contributed by atoms with Crippen molar-refractivity contribution in [2.45, 2.75) is 6.92 Å². The van der Waals surface area contributed by atoms with Gasteiger partial charge in [0.2, 0.25) is 0 Å². The van der Waals surface area contributed by atoms with E-state index in [0.29, 0.717) is 5.82 Å². The molecule has 1 aromatic carbocycles. The quantitative estimate of drug-likeness (QED) is 0.695. The molecule has 1 aromatic heterocycles. The van der Waals surface area contributed by atoms with E-state index < -0.39 is 10.8 Å². The zero-order valence-corrected chi connectivity index (χ0v) is 11.2. The molecular weight excluding hydrogens is 282 g/mol. The first-order chi connectivity index (χ1) is 9.49. The lowest BCUT2D eigenvalue weighted by atomic mass is 10.2. The summed E-state index contributed by atoms with van der Waals surface area (Å²) in [7, 11) is 0. The fourth-order valence-electron chi connectivity index (χ4n) is 1.59. The first-order valence-electron chi connectivity index (χ1n) is 5.66. The average Bonchev–Trinajstić information content (AvgIpc) is 2.41. The predicted octanol–water partition coefficient (Wildman–Crippen LogP) is 3.20. The molecule has 0 aliphatic heterocycles. The predicted molar refractivity (Wildman–Crippen MR) is 75.0 cm³/mol. The van der Waals surface area contributed by atoms with Gasteiger partial charge in [-0.2, -0.15) is 0 Å². The Hall–Kier alpha value is -2.47. The van der Waals surface area contributed by atoms with Crippen LogP contribution in [-0.4, -0.2) is 15.8 Å². The van der Waals surface area contributed by atoms with Gasteiger partial charge in [0.1, 0.15) is 5.82 Å². The molecule has 0 spiro atoms. The third kappa shape index (κ3) is 2.92.